The number of nitrogens with one attached hydrogen (secondary N) is 4. The summed E-state index contributed by atoms with van der Waals surface area (Å²) in [6.07, 6.45) is 7.55. The van der Waals surface area contributed by atoms with E-state index in [1.54, 1.807) is 42.4 Å². The number of hydrogen-bond acceptors (Lipinski definition) is 13. The molecule has 5 aromatic rings. The van der Waals surface area contributed by atoms with Crippen molar-refractivity contribution in [2.45, 2.75) is 125 Å². The summed E-state index contributed by atoms with van der Waals surface area (Å²) < 4.78 is 7.59. The molecule has 0 radical (unpaired) electrons. The number of anilines is 4. The first kappa shape index (κ1) is 54.6. The maximum atomic E-state index is 13.5. The summed E-state index contributed by atoms with van der Waals surface area (Å²) in [7, 11) is 5.52. The first-order valence-electron chi connectivity index (χ1n) is 24.7. The Balaban J connectivity index is 0.000000239. The van der Waals surface area contributed by atoms with Gasteiger partial charge in [0, 0.05) is 73.1 Å². The van der Waals surface area contributed by atoms with E-state index in [1.807, 2.05) is 76.4 Å². The Morgan fingerprint density at radius 3 is 2.07 bits per heavy atom. The van der Waals surface area contributed by atoms with Crippen LogP contribution in [0.5, 0.6) is 5.75 Å². The van der Waals surface area contributed by atoms with E-state index in [0.29, 0.717) is 40.0 Å². The molecule has 0 spiro atoms. The lowest BCUT2D eigenvalue weighted by atomic mass is 9.85. The number of rotatable bonds is 16. The predicted molar refractivity (Wildman–Crippen MR) is 295 cm³/mol. The SMILES string of the molecule is COc1c(CN2CCC2)cc(C(C)(C)C)cc1NC(=O)c1ccc(C)c(N(N)/C=C(\N)c2cnn(C)c2C)c1.Cc1ccc(C(=O)Nc2cc(CNC(C)CC3(C)C=NN3C)cc(C(C)(C)C)c2)cc1NN. The Bertz CT molecular complexity index is 2810. The number of amides is 2. The Hall–Kier alpha value is -6.72. The lowest BCUT2D eigenvalue weighted by molar-refractivity contribution is 0.101. The molecule has 2 aliphatic rings. The number of benzene rings is 4. The van der Waals surface area contributed by atoms with Crippen LogP contribution < -0.4 is 48.5 Å². The van der Waals surface area contributed by atoms with Crippen LogP contribution in [0.3, 0.4) is 0 Å². The molecule has 0 aliphatic carbocycles. The Morgan fingerprint density at radius 1 is 0.875 bits per heavy atom. The van der Waals surface area contributed by atoms with Crippen LogP contribution in [0.25, 0.3) is 5.70 Å². The van der Waals surface area contributed by atoms with E-state index in [1.165, 1.54) is 17.0 Å². The number of carbonyl (C=O) groups excluding carboxylic acids is 2. The average molecular weight is 982 g/mol. The van der Waals surface area contributed by atoms with E-state index < -0.39 is 0 Å². The minimum absolute atomic E-state index is 0.00405. The monoisotopic (exact) mass is 982 g/mol. The molecular weight excluding hydrogens is 903 g/mol. The highest BCUT2D eigenvalue weighted by Gasteiger charge is 2.35. The summed E-state index contributed by atoms with van der Waals surface area (Å²) in [6.45, 7) is 26.9. The van der Waals surface area contributed by atoms with Crippen molar-refractivity contribution < 1.29 is 14.3 Å². The third-order valence-corrected chi connectivity index (χ3v) is 13.8. The van der Waals surface area contributed by atoms with Crippen molar-refractivity contribution in [1.82, 2.24) is 25.0 Å². The molecule has 1 saturated heterocycles. The number of hydrazine groups is 2. The van der Waals surface area contributed by atoms with Crippen LogP contribution in [-0.2, 0) is 31.0 Å². The lowest BCUT2D eigenvalue weighted by Crippen LogP contribution is -2.53. The third-order valence-electron chi connectivity index (χ3n) is 13.8. The maximum Gasteiger partial charge on any atom is 0.255 e. The molecule has 16 nitrogen and oxygen atoms in total. The molecule has 1 fully saturated rings. The topological polar surface area (TPSA) is 209 Å². The fourth-order valence-electron chi connectivity index (χ4n) is 8.61. The number of aromatic nitrogens is 2. The van der Waals surface area contributed by atoms with Crippen LogP contribution in [0.2, 0.25) is 0 Å². The number of methoxy groups -OCH3 is 1. The molecule has 72 heavy (non-hydrogen) atoms. The second kappa shape index (κ2) is 22.4. The number of likely N-dealkylation sites (tertiary alicyclic amines) is 1. The van der Waals surface area contributed by atoms with Gasteiger partial charge in [-0.05, 0) is 142 Å². The number of nitrogens with zero attached hydrogens (tertiary/aromatic N) is 6. The summed E-state index contributed by atoms with van der Waals surface area (Å²) in [5, 5.41) is 21.8. The van der Waals surface area contributed by atoms with E-state index in [9.17, 15) is 9.59 Å². The molecule has 1 aromatic heterocycles. The van der Waals surface area contributed by atoms with E-state index in [-0.39, 0.29) is 28.2 Å². The van der Waals surface area contributed by atoms with Crippen LogP contribution in [0.1, 0.15) is 134 Å². The Kier molecular flexibility index (Phi) is 17.0. The van der Waals surface area contributed by atoms with E-state index in [0.717, 1.165) is 83.0 Å². The van der Waals surface area contributed by atoms with E-state index in [4.69, 9.17) is 22.2 Å². The van der Waals surface area contributed by atoms with Gasteiger partial charge in [-0.2, -0.15) is 10.2 Å². The van der Waals surface area contributed by atoms with Crippen molar-refractivity contribution in [2.24, 2.45) is 29.6 Å². The number of nitrogens with two attached hydrogens (primary N) is 3. The van der Waals surface area contributed by atoms with Gasteiger partial charge in [-0.1, -0.05) is 65.8 Å². The zero-order valence-electron chi connectivity index (χ0n) is 45.0. The lowest BCUT2D eigenvalue weighted by Gasteiger charge is -2.42. The Morgan fingerprint density at radius 2 is 1.51 bits per heavy atom. The average Bonchev–Trinajstić information content (AvgIpc) is 3.65. The fourth-order valence-corrected chi connectivity index (χ4v) is 8.61. The number of carbonyl (C=O) groups is 2. The number of hydrogen-bond donors (Lipinski definition) is 7. The first-order valence-corrected chi connectivity index (χ1v) is 24.7. The second-order valence-corrected chi connectivity index (χ2v) is 21.7. The molecular formula is C56H79N13O3. The summed E-state index contributed by atoms with van der Waals surface area (Å²) in [5.41, 5.74) is 21.4. The van der Waals surface area contributed by atoms with Crippen molar-refractivity contribution in [3.63, 3.8) is 0 Å². The standard InChI is InChI=1S/C30H41N7O2.C26H38N6O/c1-19-9-10-21(14-27(19)37(32)18-25(31)24-16-33-35(6)20(24)2)29(38)34-26-15-23(30(3,4)5)13-22(28(26)39-7)17-36-11-8-12-36;1-17-8-9-20(12-23(17)31-27)24(33)30-22-11-19(10-21(13-22)25(3,4)5)15-28-18(2)14-26(6)16-29-32(26)7/h9-10,13-16,18H,8,11-12,17,31-32H2,1-7H3,(H,34,38);8-13,16,18,28,31H,14-15,27H2,1-7H3,(H,30,33)/b25-18-;. The van der Waals surface area contributed by atoms with Crippen molar-refractivity contribution >= 4 is 46.5 Å². The van der Waals surface area contributed by atoms with Crippen LogP contribution >= 0.6 is 0 Å². The summed E-state index contributed by atoms with van der Waals surface area (Å²) in [6, 6.07) is 21.7. The van der Waals surface area contributed by atoms with Gasteiger partial charge in [0.15, 0.2) is 0 Å². The smallest absolute Gasteiger partial charge is 0.255 e. The zero-order chi connectivity index (χ0) is 52.9. The molecule has 10 N–H and O–H groups in total. The molecule has 0 bridgehead atoms. The van der Waals surface area contributed by atoms with Crippen LogP contribution in [-0.4, -0.2) is 76.5 Å². The van der Waals surface area contributed by atoms with E-state index >= 15 is 0 Å². The molecule has 4 aromatic carbocycles. The molecule has 386 valence electrons. The van der Waals surface area contributed by atoms with Gasteiger partial charge in [-0.3, -0.25) is 35.0 Å². The largest absolute Gasteiger partial charge is 0.494 e. The van der Waals surface area contributed by atoms with Gasteiger partial charge in [0.25, 0.3) is 11.8 Å². The van der Waals surface area contributed by atoms with Crippen LogP contribution in [0, 0.1) is 20.8 Å². The highest BCUT2D eigenvalue weighted by Crippen LogP contribution is 2.37. The van der Waals surface area contributed by atoms with Crippen molar-refractivity contribution in [2.75, 3.05) is 48.3 Å². The minimum Gasteiger partial charge on any atom is -0.494 e. The van der Waals surface area contributed by atoms with Gasteiger partial charge in [0.2, 0.25) is 0 Å². The summed E-state index contributed by atoms with van der Waals surface area (Å²) in [5.74, 6) is 12.3. The molecule has 2 amide bonds. The molecule has 3 heterocycles. The molecule has 2 atom stereocenters. The second-order valence-electron chi connectivity index (χ2n) is 21.7. The zero-order valence-corrected chi connectivity index (χ0v) is 45.0. The molecule has 0 saturated carbocycles. The van der Waals surface area contributed by atoms with Gasteiger partial charge in [0.05, 0.1) is 47.8 Å². The van der Waals surface area contributed by atoms with Gasteiger partial charge < -0.3 is 31.8 Å². The van der Waals surface area contributed by atoms with Gasteiger partial charge in [-0.15, -0.1) is 0 Å². The minimum atomic E-state index is -0.246. The predicted octanol–water partition coefficient (Wildman–Crippen LogP) is 8.83. The quantitative estimate of drug-likeness (QED) is 0.0366. The number of nitrogen functional groups attached to an aromatic ring is 1. The molecule has 2 unspecified atom stereocenters. The highest BCUT2D eigenvalue weighted by molar-refractivity contribution is 6.06. The normalized spacial score (nSPS) is 16.2. The highest BCUT2D eigenvalue weighted by atomic mass is 16.5. The number of aryl methyl sites for hydroxylation is 3. The molecule has 2 aliphatic heterocycles. The number of hydrazone groups is 1. The Labute approximate surface area is 427 Å². The molecule has 16 heteroatoms. The third kappa shape index (κ3) is 13.2. The first-order chi connectivity index (χ1) is 33.8. The van der Waals surface area contributed by atoms with Gasteiger partial charge in [0.1, 0.15) is 5.75 Å². The maximum absolute atomic E-state index is 13.5. The van der Waals surface area contributed by atoms with Crippen LogP contribution in [0.15, 0.2) is 84.2 Å². The summed E-state index contributed by atoms with van der Waals surface area (Å²) >= 11 is 0. The fraction of sp³-hybridized carbons (Fsp3) is 0.429. The van der Waals surface area contributed by atoms with Crippen molar-refractivity contribution in [3.8, 4) is 5.75 Å². The van der Waals surface area contributed by atoms with Crippen molar-refractivity contribution in [1.29, 1.82) is 0 Å². The van der Waals surface area contributed by atoms with Gasteiger partial charge in [-0.25, -0.2) is 5.84 Å². The molecule has 7 rings (SSSR count). The number of ether oxygens (including phenoxy) is 1. The van der Waals surface area contributed by atoms with Crippen molar-refractivity contribution in [3.05, 3.63) is 135 Å². The van der Waals surface area contributed by atoms with Crippen LogP contribution in [0.4, 0.5) is 22.7 Å². The van der Waals surface area contributed by atoms with E-state index in [2.05, 4.69) is 110 Å². The van der Waals surface area contributed by atoms with Gasteiger partial charge >= 0.3 is 0 Å². The summed E-state index contributed by atoms with van der Waals surface area (Å²) in [4.78, 5) is 28.9.